The Morgan fingerprint density at radius 1 is 1.59 bits per heavy atom. The second-order valence-corrected chi connectivity index (χ2v) is 4.30. The second kappa shape index (κ2) is 4.73. The molecule has 0 saturated heterocycles. The van der Waals surface area contributed by atoms with Crippen molar-refractivity contribution in [3.8, 4) is 5.75 Å². The molecule has 0 aromatic heterocycles. The number of carbonyl (C=O) groups excluding carboxylic acids is 1. The van der Waals surface area contributed by atoms with Crippen molar-refractivity contribution in [2.75, 3.05) is 13.7 Å². The van der Waals surface area contributed by atoms with Crippen LogP contribution in [0.5, 0.6) is 5.75 Å². The maximum atomic E-state index is 11.5. The summed E-state index contributed by atoms with van der Waals surface area (Å²) in [7, 11) is 1.50. The summed E-state index contributed by atoms with van der Waals surface area (Å²) in [5.41, 5.74) is 8.02. The van der Waals surface area contributed by atoms with Gasteiger partial charge in [0.25, 0.3) is 5.91 Å². The lowest BCUT2D eigenvalue weighted by molar-refractivity contribution is -0.131. The van der Waals surface area contributed by atoms with Crippen molar-refractivity contribution < 1.29 is 9.53 Å². The summed E-state index contributed by atoms with van der Waals surface area (Å²) in [6.45, 7) is 0.731. The summed E-state index contributed by atoms with van der Waals surface area (Å²) < 4.78 is 5.42. The van der Waals surface area contributed by atoms with Crippen LogP contribution in [0.1, 0.15) is 11.1 Å². The third-order valence-corrected chi connectivity index (χ3v) is 2.87. The molecule has 0 fully saturated rings. The van der Waals surface area contributed by atoms with Crippen LogP contribution < -0.4 is 16.3 Å². The van der Waals surface area contributed by atoms with Crippen molar-refractivity contribution in [3.05, 3.63) is 29.3 Å². The number of likely N-dealkylation sites (N-methyl/N-ethyl adjacent to an activating group) is 1. The molecular weight excluding hydrogens is 218 g/mol. The van der Waals surface area contributed by atoms with Gasteiger partial charge in [-0.25, -0.2) is 5.84 Å². The van der Waals surface area contributed by atoms with Crippen molar-refractivity contribution in [1.82, 2.24) is 5.01 Å². The minimum absolute atomic E-state index is 0.262. The number of hydrazine groups is 1. The van der Waals surface area contributed by atoms with Crippen LogP contribution in [-0.2, 0) is 17.6 Å². The number of rotatable bonds is 3. The lowest BCUT2D eigenvalue weighted by atomic mass is 10.0. The van der Waals surface area contributed by atoms with E-state index in [4.69, 9.17) is 16.3 Å². The Balaban J connectivity index is 2.06. The number of benzene rings is 1. The summed E-state index contributed by atoms with van der Waals surface area (Å²) in [5, 5.41) is 1.03. The first-order valence-electron chi connectivity index (χ1n) is 5.60. The zero-order valence-electron chi connectivity index (χ0n) is 9.85. The zero-order valence-corrected chi connectivity index (χ0v) is 9.85. The normalized spacial score (nSPS) is 15.0. The highest BCUT2D eigenvalue weighted by Gasteiger charge is 2.18. The largest absolute Gasteiger partial charge is 0.493 e. The minimum atomic E-state index is -0.592. The average Bonchev–Trinajstić information content (AvgIpc) is 2.74. The fourth-order valence-electron chi connectivity index (χ4n) is 1.97. The molecule has 0 aliphatic carbocycles. The van der Waals surface area contributed by atoms with E-state index in [0.29, 0.717) is 6.42 Å². The van der Waals surface area contributed by atoms with E-state index >= 15 is 0 Å². The topological polar surface area (TPSA) is 81.6 Å². The number of nitrogens with two attached hydrogens (primary N) is 2. The molecule has 1 aliphatic heterocycles. The number of hydrogen-bond donors (Lipinski definition) is 2. The molecule has 0 bridgehead atoms. The van der Waals surface area contributed by atoms with Gasteiger partial charge < -0.3 is 10.5 Å². The molecule has 92 valence electrons. The first kappa shape index (κ1) is 11.9. The number of fused-ring (bicyclic) bond motifs is 1. The van der Waals surface area contributed by atoms with E-state index in [1.165, 1.54) is 12.6 Å². The Labute approximate surface area is 100 Å². The standard InChI is InChI=1S/C12H17N3O2/c1-15(14)12(16)10(13)7-8-2-3-11-9(6-8)4-5-17-11/h2-3,6,10H,4-5,7,13-14H2,1H3. The Hall–Kier alpha value is -1.59. The van der Waals surface area contributed by atoms with Gasteiger partial charge in [-0.1, -0.05) is 12.1 Å². The van der Waals surface area contributed by atoms with Crippen LogP contribution in [0.25, 0.3) is 0 Å². The van der Waals surface area contributed by atoms with Gasteiger partial charge in [-0.2, -0.15) is 0 Å². The molecule has 1 aromatic carbocycles. The predicted octanol–water partition coefficient (Wildman–Crippen LogP) is -0.177. The molecule has 1 amide bonds. The molecule has 0 spiro atoms. The molecule has 1 aliphatic rings. The summed E-state index contributed by atoms with van der Waals surface area (Å²) in [6, 6.07) is 5.33. The van der Waals surface area contributed by atoms with Gasteiger partial charge in [0, 0.05) is 13.5 Å². The van der Waals surface area contributed by atoms with E-state index in [1.807, 2.05) is 18.2 Å². The maximum Gasteiger partial charge on any atom is 0.253 e. The first-order valence-corrected chi connectivity index (χ1v) is 5.60. The van der Waals surface area contributed by atoms with E-state index in [2.05, 4.69) is 0 Å². The average molecular weight is 235 g/mol. The summed E-state index contributed by atoms with van der Waals surface area (Å²) in [6.07, 6.45) is 1.41. The quantitative estimate of drug-likeness (QED) is 0.433. The lowest BCUT2D eigenvalue weighted by Crippen LogP contribution is -2.46. The number of amides is 1. The van der Waals surface area contributed by atoms with E-state index in [0.717, 1.165) is 29.3 Å². The fourth-order valence-corrected chi connectivity index (χ4v) is 1.97. The monoisotopic (exact) mass is 235 g/mol. The van der Waals surface area contributed by atoms with Gasteiger partial charge in [0.2, 0.25) is 0 Å². The van der Waals surface area contributed by atoms with Gasteiger partial charge in [-0.05, 0) is 23.6 Å². The van der Waals surface area contributed by atoms with E-state index < -0.39 is 6.04 Å². The molecule has 5 heteroatoms. The highest BCUT2D eigenvalue weighted by molar-refractivity contribution is 5.81. The van der Waals surface area contributed by atoms with Crippen molar-refractivity contribution in [3.63, 3.8) is 0 Å². The van der Waals surface area contributed by atoms with Gasteiger partial charge in [-0.3, -0.25) is 9.80 Å². The van der Waals surface area contributed by atoms with E-state index in [-0.39, 0.29) is 5.91 Å². The molecule has 2 rings (SSSR count). The van der Waals surface area contributed by atoms with Gasteiger partial charge in [0.05, 0.1) is 12.6 Å². The molecule has 1 aromatic rings. The first-order chi connectivity index (χ1) is 8.08. The van der Waals surface area contributed by atoms with Gasteiger partial charge in [-0.15, -0.1) is 0 Å². The van der Waals surface area contributed by atoms with Crippen molar-refractivity contribution in [2.45, 2.75) is 18.9 Å². The molecule has 17 heavy (non-hydrogen) atoms. The van der Waals surface area contributed by atoms with Crippen LogP contribution in [0.4, 0.5) is 0 Å². The van der Waals surface area contributed by atoms with Gasteiger partial charge in [0.15, 0.2) is 0 Å². The third kappa shape index (κ3) is 2.57. The van der Waals surface area contributed by atoms with Gasteiger partial charge >= 0.3 is 0 Å². The lowest BCUT2D eigenvalue weighted by Gasteiger charge is -2.16. The van der Waals surface area contributed by atoms with Crippen molar-refractivity contribution in [2.24, 2.45) is 11.6 Å². The molecule has 4 N–H and O–H groups in total. The van der Waals surface area contributed by atoms with Crippen LogP contribution in [0.3, 0.4) is 0 Å². The number of carbonyl (C=O) groups is 1. The third-order valence-electron chi connectivity index (χ3n) is 2.87. The molecule has 1 unspecified atom stereocenters. The molecule has 1 atom stereocenters. The number of nitrogens with zero attached hydrogens (tertiary/aromatic N) is 1. The van der Waals surface area contributed by atoms with Crippen LogP contribution in [-0.4, -0.2) is 30.6 Å². The SMILES string of the molecule is CN(N)C(=O)C(N)Cc1ccc2c(c1)CCO2. The van der Waals surface area contributed by atoms with Crippen LogP contribution in [0.2, 0.25) is 0 Å². The Bertz CT molecular complexity index is 432. The van der Waals surface area contributed by atoms with Crippen molar-refractivity contribution >= 4 is 5.91 Å². The summed E-state index contributed by atoms with van der Waals surface area (Å²) in [5.74, 6) is 6.04. The Morgan fingerprint density at radius 2 is 2.35 bits per heavy atom. The zero-order chi connectivity index (χ0) is 12.4. The van der Waals surface area contributed by atoms with Gasteiger partial charge in [0.1, 0.15) is 5.75 Å². The van der Waals surface area contributed by atoms with Crippen LogP contribution in [0.15, 0.2) is 18.2 Å². The van der Waals surface area contributed by atoms with Crippen LogP contribution >= 0.6 is 0 Å². The minimum Gasteiger partial charge on any atom is -0.493 e. The Kier molecular flexibility index (Phi) is 3.31. The summed E-state index contributed by atoms with van der Waals surface area (Å²) >= 11 is 0. The highest BCUT2D eigenvalue weighted by atomic mass is 16.5. The second-order valence-electron chi connectivity index (χ2n) is 4.30. The van der Waals surface area contributed by atoms with E-state index in [9.17, 15) is 4.79 Å². The maximum absolute atomic E-state index is 11.5. The highest BCUT2D eigenvalue weighted by Crippen LogP contribution is 2.26. The Morgan fingerprint density at radius 3 is 3.06 bits per heavy atom. The van der Waals surface area contributed by atoms with Crippen LogP contribution in [0, 0.1) is 0 Å². The molecule has 0 saturated carbocycles. The summed E-state index contributed by atoms with van der Waals surface area (Å²) in [4.78, 5) is 11.5. The molecule has 0 radical (unpaired) electrons. The van der Waals surface area contributed by atoms with Crippen molar-refractivity contribution in [1.29, 1.82) is 0 Å². The fraction of sp³-hybridized carbons (Fsp3) is 0.417. The molecule has 1 heterocycles. The molecular formula is C12H17N3O2. The predicted molar refractivity (Wildman–Crippen MR) is 64.3 cm³/mol. The molecule has 5 nitrogen and oxygen atoms in total. The van der Waals surface area contributed by atoms with E-state index in [1.54, 1.807) is 0 Å². The smallest absolute Gasteiger partial charge is 0.253 e. The number of ether oxygens (including phenoxy) is 1. The number of hydrogen-bond acceptors (Lipinski definition) is 4.